The normalized spacial score (nSPS) is 11.1. The Bertz CT molecular complexity index is 1080. The third-order valence-corrected chi connectivity index (χ3v) is 4.03. The Morgan fingerprint density at radius 3 is 2.50 bits per heavy atom. The number of nitrogens with one attached hydrogen (secondary N) is 2. The van der Waals surface area contributed by atoms with E-state index in [1.54, 1.807) is 64.2 Å². The van der Waals surface area contributed by atoms with E-state index < -0.39 is 11.4 Å². The van der Waals surface area contributed by atoms with Gasteiger partial charge in [0, 0.05) is 23.7 Å². The molecule has 0 unspecified atom stereocenters. The smallest absolute Gasteiger partial charge is 0.327 e. The second kappa shape index (κ2) is 8.32. The molecular formula is C21H23N5O4. The van der Waals surface area contributed by atoms with Crippen LogP contribution in [0.1, 0.15) is 32.2 Å². The summed E-state index contributed by atoms with van der Waals surface area (Å²) in [6.45, 7) is 8.74. The third kappa shape index (κ3) is 5.19. The van der Waals surface area contributed by atoms with Crippen molar-refractivity contribution in [3.63, 3.8) is 0 Å². The molecule has 2 N–H and O–H groups in total. The highest BCUT2D eigenvalue weighted by atomic mass is 16.5. The lowest BCUT2D eigenvalue weighted by Crippen LogP contribution is -2.41. The number of pyridine rings is 2. The molecule has 0 aliphatic rings. The van der Waals surface area contributed by atoms with Crippen LogP contribution in [-0.2, 0) is 4.79 Å². The summed E-state index contributed by atoms with van der Waals surface area (Å²) in [6, 6.07) is 7.86. The predicted molar refractivity (Wildman–Crippen MR) is 110 cm³/mol. The lowest BCUT2D eigenvalue weighted by atomic mass is 9.96. The summed E-state index contributed by atoms with van der Waals surface area (Å²) in [5, 5.41) is 8.69. The van der Waals surface area contributed by atoms with Crippen LogP contribution in [-0.4, -0.2) is 27.1 Å². The molecule has 0 aromatic carbocycles. The first kappa shape index (κ1) is 21.0. The van der Waals surface area contributed by atoms with Gasteiger partial charge in [-0.3, -0.25) is 20.4 Å². The van der Waals surface area contributed by atoms with Crippen LogP contribution in [0.4, 0.5) is 10.6 Å². The maximum Gasteiger partial charge on any atom is 0.327 e. The molecule has 3 amide bonds. The van der Waals surface area contributed by atoms with Crippen molar-refractivity contribution >= 4 is 17.8 Å². The van der Waals surface area contributed by atoms with Crippen LogP contribution >= 0.6 is 0 Å². The number of anilines is 1. The van der Waals surface area contributed by atoms with Gasteiger partial charge < -0.3 is 9.26 Å². The van der Waals surface area contributed by atoms with Gasteiger partial charge in [0.05, 0.1) is 11.4 Å². The lowest BCUT2D eigenvalue weighted by molar-refractivity contribution is -0.127. The van der Waals surface area contributed by atoms with Crippen molar-refractivity contribution in [2.45, 2.75) is 34.6 Å². The number of aryl methyl sites for hydroxylation is 2. The Kier molecular flexibility index (Phi) is 5.81. The number of imide groups is 1. The van der Waals surface area contributed by atoms with E-state index in [0.717, 1.165) is 5.69 Å². The van der Waals surface area contributed by atoms with Crippen molar-refractivity contribution < 1.29 is 18.8 Å². The number of aromatic nitrogens is 3. The maximum atomic E-state index is 12.0. The molecule has 3 rings (SSSR count). The molecule has 0 atom stereocenters. The molecule has 0 fully saturated rings. The van der Waals surface area contributed by atoms with Gasteiger partial charge >= 0.3 is 6.03 Å². The fraction of sp³-hybridized carbons (Fsp3) is 0.286. The van der Waals surface area contributed by atoms with Crippen LogP contribution in [0.25, 0.3) is 11.5 Å². The molecule has 9 nitrogen and oxygen atoms in total. The zero-order valence-corrected chi connectivity index (χ0v) is 17.4. The van der Waals surface area contributed by atoms with Crippen molar-refractivity contribution in [1.29, 1.82) is 0 Å². The minimum atomic E-state index is -0.674. The van der Waals surface area contributed by atoms with E-state index in [2.05, 4.69) is 25.8 Å². The summed E-state index contributed by atoms with van der Waals surface area (Å²) in [4.78, 5) is 32.5. The summed E-state index contributed by atoms with van der Waals surface area (Å²) in [6.07, 6.45) is 1.61. The molecule has 0 bridgehead atoms. The quantitative estimate of drug-likeness (QED) is 0.661. The van der Waals surface area contributed by atoms with Gasteiger partial charge in [0.1, 0.15) is 23.0 Å². The Hall–Kier alpha value is -3.75. The van der Waals surface area contributed by atoms with Crippen LogP contribution in [0.2, 0.25) is 0 Å². The summed E-state index contributed by atoms with van der Waals surface area (Å²) >= 11 is 0. The average Bonchev–Trinajstić information content (AvgIpc) is 3.10. The first-order valence-electron chi connectivity index (χ1n) is 9.29. The lowest BCUT2D eigenvalue weighted by Gasteiger charge is -2.17. The van der Waals surface area contributed by atoms with Crippen LogP contribution in [0, 0.1) is 19.3 Å². The molecule has 156 valence electrons. The van der Waals surface area contributed by atoms with Crippen molar-refractivity contribution in [3.05, 3.63) is 47.9 Å². The largest absolute Gasteiger partial charge is 0.455 e. The van der Waals surface area contributed by atoms with Crippen molar-refractivity contribution in [1.82, 2.24) is 20.4 Å². The molecule has 30 heavy (non-hydrogen) atoms. The van der Waals surface area contributed by atoms with Crippen LogP contribution < -0.4 is 15.4 Å². The first-order chi connectivity index (χ1) is 14.1. The summed E-state index contributed by atoms with van der Waals surface area (Å²) < 4.78 is 11.1. The van der Waals surface area contributed by atoms with Crippen LogP contribution in [0.15, 0.2) is 41.1 Å². The molecule has 3 aromatic rings. The summed E-state index contributed by atoms with van der Waals surface area (Å²) in [5.41, 5.74) is 1.24. The molecule has 9 heteroatoms. The predicted octanol–water partition coefficient (Wildman–Crippen LogP) is 4.23. The Labute approximate surface area is 173 Å². The molecule has 0 radical (unpaired) electrons. The Morgan fingerprint density at radius 1 is 1.10 bits per heavy atom. The number of hydrogen-bond donors (Lipinski definition) is 2. The highest BCUT2D eigenvalue weighted by Crippen LogP contribution is 2.28. The van der Waals surface area contributed by atoms with E-state index in [1.807, 2.05) is 6.92 Å². The van der Waals surface area contributed by atoms with Gasteiger partial charge in [-0.25, -0.2) is 9.78 Å². The van der Waals surface area contributed by atoms with Gasteiger partial charge in [0.2, 0.25) is 5.91 Å². The van der Waals surface area contributed by atoms with E-state index in [-0.39, 0.29) is 5.91 Å². The van der Waals surface area contributed by atoms with E-state index in [0.29, 0.717) is 34.5 Å². The molecule has 0 saturated carbocycles. The number of carbonyl (C=O) groups is 2. The van der Waals surface area contributed by atoms with Crippen LogP contribution in [0.3, 0.4) is 0 Å². The molecular weight excluding hydrogens is 386 g/mol. The average molecular weight is 409 g/mol. The molecule has 3 aromatic heterocycles. The van der Waals surface area contributed by atoms with Gasteiger partial charge in [-0.1, -0.05) is 25.9 Å². The summed E-state index contributed by atoms with van der Waals surface area (Å²) in [7, 11) is 0. The minimum absolute atomic E-state index is 0.298. The SMILES string of the molecule is Cc1cc(-c2cc(Oc3ccc(NC(=O)NC(=O)C(C)(C)C)nc3C)ccn2)on1. The van der Waals surface area contributed by atoms with Gasteiger partial charge in [0.15, 0.2) is 5.76 Å². The van der Waals surface area contributed by atoms with E-state index in [9.17, 15) is 9.59 Å². The van der Waals surface area contributed by atoms with E-state index in [4.69, 9.17) is 9.26 Å². The third-order valence-electron chi connectivity index (χ3n) is 4.03. The monoisotopic (exact) mass is 409 g/mol. The van der Waals surface area contributed by atoms with Gasteiger partial charge in [-0.05, 0) is 32.0 Å². The highest BCUT2D eigenvalue weighted by molar-refractivity contribution is 6.02. The molecule has 0 aliphatic heterocycles. The number of carbonyl (C=O) groups excluding carboxylic acids is 2. The number of hydrogen-bond acceptors (Lipinski definition) is 7. The Balaban J connectivity index is 1.69. The first-order valence-corrected chi connectivity index (χ1v) is 9.29. The second-order valence-corrected chi connectivity index (χ2v) is 7.75. The standard InChI is InChI=1S/C21H23N5O4/c1-12-10-17(30-26-12)15-11-14(8-9-22-15)29-16-6-7-18(23-13(16)2)24-20(28)25-19(27)21(3,4)5/h6-11H,1-5H3,(H2,23,24,25,27,28). The number of urea groups is 1. The molecule has 0 aliphatic carbocycles. The molecule has 0 saturated heterocycles. The topological polar surface area (TPSA) is 119 Å². The van der Waals surface area contributed by atoms with E-state index in [1.165, 1.54) is 0 Å². The number of nitrogens with zero attached hydrogens (tertiary/aromatic N) is 3. The van der Waals surface area contributed by atoms with Gasteiger partial charge in [0.25, 0.3) is 0 Å². The highest BCUT2D eigenvalue weighted by Gasteiger charge is 2.23. The number of amides is 3. The zero-order valence-electron chi connectivity index (χ0n) is 17.4. The summed E-state index contributed by atoms with van der Waals surface area (Å²) in [5.74, 6) is 1.52. The van der Waals surface area contributed by atoms with Gasteiger partial charge in [-0.15, -0.1) is 0 Å². The second-order valence-electron chi connectivity index (χ2n) is 7.75. The fourth-order valence-corrected chi connectivity index (χ4v) is 2.38. The molecule has 3 heterocycles. The maximum absolute atomic E-state index is 12.0. The zero-order chi connectivity index (χ0) is 21.9. The molecule has 0 spiro atoms. The van der Waals surface area contributed by atoms with Crippen molar-refractivity contribution in [3.8, 4) is 23.0 Å². The van der Waals surface area contributed by atoms with E-state index >= 15 is 0 Å². The minimum Gasteiger partial charge on any atom is -0.455 e. The van der Waals surface area contributed by atoms with Gasteiger partial charge in [-0.2, -0.15) is 0 Å². The Morgan fingerprint density at radius 2 is 1.87 bits per heavy atom. The van der Waals surface area contributed by atoms with Crippen molar-refractivity contribution in [2.24, 2.45) is 5.41 Å². The number of rotatable bonds is 4. The van der Waals surface area contributed by atoms with Crippen molar-refractivity contribution in [2.75, 3.05) is 5.32 Å². The fourth-order valence-electron chi connectivity index (χ4n) is 2.38. The van der Waals surface area contributed by atoms with Crippen LogP contribution in [0.5, 0.6) is 11.5 Å². The number of ether oxygens (including phenoxy) is 1.